The third-order valence-corrected chi connectivity index (χ3v) is 5.13. The molecule has 5 nitrogen and oxygen atoms in total. The smallest absolute Gasteiger partial charge is 0.189 e. The fourth-order valence-corrected chi connectivity index (χ4v) is 3.48. The van der Waals surface area contributed by atoms with E-state index in [4.69, 9.17) is 18.9 Å². The van der Waals surface area contributed by atoms with Gasteiger partial charge >= 0.3 is 0 Å². The van der Waals surface area contributed by atoms with Crippen LogP contribution in [0.4, 0.5) is 8.78 Å². The van der Waals surface area contributed by atoms with Crippen LogP contribution < -0.4 is 9.47 Å². The van der Waals surface area contributed by atoms with Crippen molar-refractivity contribution in [1.82, 2.24) is 0 Å². The number of methoxy groups -OCH3 is 3. The van der Waals surface area contributed by atoms with Crippen LogP contribution in [0.2, 0.25) is 0 Å². The van der Waals surface area contributed by atoms with Crippen molar-refractivity contribution < 1.29 is 32.5 Å². The average molecular weight is 475 g/mol. The first kappa shape index (κ1) is 27.2. The highest BCUT2D eigenvalue weighted by Gasteiger charge is 2.23. The number of rotatable bonds is 13. The van der Waals surface area contributed by atoms with E-state index >= 15 is 0 Å². The second-order valence-electron chi connectivity index (χ2n) is 7.91. The number of hydrogen-bond donors (Lipinski definition) is 0. The highest BCUT2D eigenvalue weighted by Crippen LogP contribution is 2.36. The van der Waals surface area contributed by atoms with E-state index in [1.807, 2.05) is 13.8 Å². The molecule has 0 heterocycles. The number of hydrogen-bond acceptors (Lipinski definition) is 5. The van der Waals surface area contributed by atoms with Gasteiger partial charge in [0.25, 0.3) is 0 Å². The molecule has 0 unspecified atom stereocenters. The molecule has 0 aliphatic heterocycles. The molecule has 0 radical (unpaired) electrons. The highest BCUT2D eigenvalue weighted by molar-refractivity contribution is 6.10. The zero-order valence-electron chi connectivity index (χ0n) is 20.4. The van der Waals surface area contributed by atoms with Gasteiger partial charge in [0.2, 0.25) is 0 Å². The van der Waals surface area contributed by atoms with Crippen molar-refractivity contribution in [2.75, 3.05) is 34.7 Å². The molecule has 0 fully saturated rings. The Bertz CT molecular complexity index is 1040. The first-order chi connectivity index (χ1) is 16.3. The van der Waals surface area contributed by atoms with Crippen molar-refractivity contribution in [3.8, 4) is 11.5 Å². The van der Waals surface area contributed by atoms with Gasteiger partial charge in [0.1, 0.15) is 11.5 Å². The zero-order valence-corrected chi connectivity index (χ0v) is 20.4. The van der Waals surface area contributed by atoms with Gasteiger partial charge in [-0.05, 0) is 62.4 Å². The standard InChI is InChI=1S/C27H32F2O5/c1-18(2)8-11-20-21(7-6-14-31-3)27(26(33-5)16-25(20)34-17-32-4)24(30)13-10-19-9-12-22(28)23(29)15-19/h8-10,12-13,15-16H,6-7,11,14,17H2,1-5H3/b13-10+. The Hall–Kier alpha value is -3.03. The zero-order chi connectivity index (χ0) is 25.1. The minimum Gasteiger partial charge on any atom is -0.496 e. The van der Waals surface area contributed by atoms with Crippen LogP contribution >= 0.6 is 0 Å². The fourth-order valence-electron chi connectivity index (χ4n) is 3.48. The monoisotopic (exact) mass is 474 g/mol. The first-order valence-electron chi connectivity index (χ1n) is 11.0. The normalized spacial score (nSPS) is 11.0. The predicted molar refractivity (Wildman–Crippen MR) is 129 cm³/mol. The van der Waals surface area contributed by atoms with Crippen LogP contribution in [0, 0.1) is 11.6 Å². The van der Waals surface area contributed by atoms with Crippen molar-refractivity contribution in [1.29, 1.82) is 0 Å². The van der Waals surface area contributed by atoms with E-state index in [0.717, 1.165) is 28.8 Å². The molecule has 2 rings (SSSR count). The minimum atomic E-state index is -0.976. The molecule has 0 atom stereocenters. The molecule has 0 spiro atoms. The van der Waals surface area contributed by atoms with Crippen LogP contribution in [0.1, 0.15) is 47.3 Å². The number of allylic oxidation sites excluding steroid dienone is 3. The Morgan fingerprint density at radius 3 is 2.35 bits per heavy atom. The molecule has 2 aromatic rings. The van der Waals surface area contributed by atoms with Gasteiger partial charge in [0.15, 0.2) is 24.2 Å². The third kappa shape index (κ3) is 7.50. The van der Waals surface area contributed by atoms with Crippen molar-refractivity contribution in [3.05, 3.63) is 75.9 Å². The van der Waals surface area contributed by atoms with Gasteiger partial charge in [-0.15, -0.1) is 0 Å². The van der Waals surface area contributed by atoms with E-state index < -0.39 is 11.6 Å². The summed E-state index contributed by atoms with van der Waals surface area (Å²) in [5.74, 6) is -1.30. The van der Waals surface area contributed by atoms with E-state index in [1.54, 1.807) is 13.2 Å². The Morgan fingerprint density at radius 1 is 0.971 bits per heavy atom. The third-order valence-electron chi connectivity index (χ3n) is 5.13. The van der Waals surface area contributed by atoms with Gasteiger partial charge in [-0.25, -0.2) is 8.78 Å². The Kier molecular flexibility index (Phi) is 10.9. The van der Waals surface area contributed by atoms with E-state index in [2.05, 4.69) is 6.08 Å². The molecule has 0 aliphatic rings. The summed E-state index contributed by atoms with van der Waals surface area (Å²) in [4.78, 5) is 13.4. The number of carbonyl (C=O) groups is 1. The Balaban J connectivity index is 2.62. The lowest BCUT2D eigenvalue weighted by atomic mass is 9.90. The highest BCUT2D eigenvalue weighted by atomic mass is 19.2. The molecule has 0 aromatic heterocycles. The fraction of sp³-hybridized carbons (Fsp3) is 0.370. The van der Waals surface area contributed by atoms with Crippen LogP contribution in [0.25, 0.3) is 6.08 Å². The van der Waals surface area contributed by atoms with Gasteiger partial charge in [-0.3, -0.25) is 4.79 Å². The first-order valence-corrected chi connectivity index (χ1v) is 11.0. The summed E-state index contributed by atoms with van der Waals surface area (Å²) >= 11 is 0. The van der Waals surface area contributed by atoms with E-state index in [-0.39, 0.29) is 12.6 Å². The number of ketones is 1. The molecule has 0 N–H and O–H groups in total. The molecule has 34 heavy (non-hydrogen) atoms. The Labute approximate surface area is 200 Å². The summed E-state index contributed by atoms with van der Waals surface area (Å²) in [7, 11) is 4.65. The van der Waals surface area contributed by atoms with Gasteiger partial charge in [0.05, 0.1) is 12.7 Å². The molecular formula is C27H32F2O5. The van der Waals surface area contributed by atoms with Crippen molar-refractivity contribution in [3.63, 3.8) is 0 Å². The minimum absolute atomic E-state index is 0.0474. The molecule has 0 saturated heterocycles. The van der Waals surface area contributed by atoms with Crippen molar-refractivity contribution >= 4 is 11.9 Å². The topological polar surface area (TPSA) is 54.0 Å². The average Bonchev–Trinajstić information content (AvgIpc) is 2.81. The summed E-state index contributed by atoms with van der Waals surface area (Å²) < 4.78 is 48.5. The Morgan fingerprint density at radius 2 is 1.74 bits per heavy atom. The van der Waals surface area contributed by atoms with Crippen LogP contribution in [-0.4, -0.2) is 40.5 Å². The maximum atomic E-state index is 13.6. The van der Waals surface area contributed by atoms with Crippen LogP contribution in [0.5, 0.6) is 11.5 Å². The summed E-state index contributed by atoms with van der Waals surface area (Å²) in [5.41, 5.74) is 3.55. The molecule has 7 heteroatoms. The van der Waals surface area contributed by atoms with Crippen LogP contribution in [-0.2, 0) is 22.3 Å². The molecule has 0 saturated carbocycles. The summed E-state index contributed by atoms with van der Waals surface area (Å²) in [5, 5.41) is 0. The van der Waals surface area contributed by atoms with E-state index in [9.17, 15) is 13.6 Å². The number of carbonyl (C=O) groups excluding carboxylic acids is 1. The molecule has 0 bridgehead atoms. The maximum Gasteiger partial charge on any atom is 0.189 e. The number of ether oxygens (including phenoxy) is 4. The predicted octanol–water partition coefficient (Wildman–Crippen LogP) is 5.94. The number of benzene rings is 2. The van der Waals surface area contributed by atoms with E-state index in [0.29, 0.717) is 48.5 Å². The summed E-state index contributed by atoms with van der Waals surface area (Å²) in [6.45, 7) is 4.57. The maximum absolute atomic E-state index is 13.6. The second-order valence-corrected chi connectivity index (χ2v) is 7.91. The van der Waals surface area contributed by atoms with Gasteiger partial charge in [-0.1, -0.05) is 23.8 Å². The van der Waals surface area contributed by atoms with Gasteiger partial charge in [0, 0.05) is 32.5 Å². The van der Waals surface area contributed by atoms with Crippen molar-refractivity contribution in [2.24, 2.45) is 0 Å². The quantitative estimate of drug-likeness (QED) is 0.118. The van der Waals surface area contributed by atoms with Gasteiger partial charge in [-0.2, -0.15) is 0 Å². The second kappa shape index (κ2) is 13.6. The summed E-state index contributed by atoms with van der Waals surface area (Å²) in [6.07, 6.45) is 6.65. The molecule has 0 amide bonds. The van der Waals surface area contributed by atoms with E-state index in [1.165, 1.54) is 32.4 Å². The van der Waals surface area contributed by atoms with Crippen LogP contribution in [0.15, 0.2) is 42.0 Å². The number of halogens is 2. The van der Waals surface area contributed by atoms with Crippen LogP contribution in [0.3, 0.4) is 0 Å². The summed E-state index contributed by atoms with van der Waals surface area (Å²) in [6, 6.07) is 5.15. The van der Waals surface area contributed by atoms with Crippen molar-refractivity contribution in [2.45, 2.75) is 33.1 Å². The lowest BCUT2D eigenvalue weighted by molar-refractivity contribution is 0.0503. The largest absolute Gasteiger partial charge is 0.496 e. The molecule has 0 aliphatic carbocycles. The molecule has 184 valence electrons. The lowest BCUT2D eigenvalue weighted by Crippen LogP contribution is -2.12. The van der Waals surface area contributed by atoms with Gasteiger partial charge < -0.3 is 18.9 Å². The lowest BCUT2D eigenvalue weighted by Gasteiger charge is -2.20. The molecular weight excluding hydrogens is 442 g/mol. The molecule has 2 aromatic carbocycles. The SMILES string of the molecule is COCCCc1c(CC=C(C)C)c(OCOC)cc(OC)c1C(=O)/C=C/c1ccc(F)c(F)c1.